The summed E-state index contributed by atoms with van der Waals surface area (Å²) < 4.78 is 0. The number of para-hydroxylation sites is 2. The van der Waals surface area contributed by atoms with Crippen molar-refractivity contribution in [3.05, 3.63) is 82.6 Å². The van der Waals surface area contributed by atoms with E-state index >= 15 is 0 Å². The van der Waals surface area contributed by atoms with Gasteiger partial charge in [-0.1, -0.05) is 65.7 Å². The normalized spacial score (nSPS) is 10.4. The number of thiocarbonyl (C=S) groups is 1. The zero-order chi connectivity index (χ0) is 23.2. The molecule has 0 saturated carbocycles. The fourth-order valence-corrected chi connectivity index (χ4v) is 3.51. The van der Waals surface area contributed by atoms with Crippen molar-refractivity contribution >= 4 is 70.0 Å². The first-order valence-electron chi connectivity index (χ1n) is 9.55. The molecule has 0 aliphatic rings. The summed E-state index contributed by atoms with van der Waals surface area (Å²) in [4.78, 5) is 19.1. The van der Waals surface area contributed by atoms with Gasteiger partial charge in [0.1, 0.15) is 10.3 Å². The van der Waals surface area contributed by atoms with E-state index in [4.69, 9.17) is 35.4 Å². The van der Waals surface area contributed by atoms with Gasteiger partial charge in [0.2, 0.25) is 5.95 Å². The van der Waals surface area contributed by atoms with Crippen LogP contribution < -0.4 is 16.0 Å². The number of nitrogens with one attached hydrogen (secondary N) is 3. The summed E-state index contributed by atoms with van der Waals surface area (Å²) >= 11 is 17.4. The standard InChI is InChI=1S/C22H15Cl2N7OS/c23-19-14(12-32)20(24)29-21(28-19)25-16-8-4-5-9-17(16)26-22(33)27-18-11-10-15(30-31-18)13-6-2-1-3-7-13/h1-12H,(H,25,28,29)(H2,26,27,31,33). The highest BCUT2D eigenvalue weighted by molar-refractivity contribution is 7.80. The third-order valence-corrected chi connectivity index (χ3v) is 5.15. The van der Waals surface area contributed by atoms with Crippen LogP contribution in [0.1, 0.15) is 10.4 Å². The van der Waals surface area contributed by atoms with Gasteiger partial charge in [0.05, 0.1) is 22.6 Å². The number of hydrogen-bond donors (Lipinski definition) is 3. The van der Waals surface area contributed by atoms with Crippen LogP contribution in [-0.2, 0) is 0 Å². The lowest BCUT2D eigenvalue weighted by molar-refractivity contribution is 0.112. The maximum atomic E-state index is 11.0. The van der Waals surface area contributed by atoms with Gasteiger partial charge in [-0.3, -0.25) is 4.79 Å². The van der Waals surface area contributed by atoms with Crippen LogP contribution in [0.5, 0.6) is 0 Å². The van der Waals surface area contributed by atoms with Gasteiger partial charge in [-0.2, -0.15) is 9.97 Å². The van der Waals surface area contributed by atoms with Crippen LogP contribution in [0.25, 0.3) is 11.3 Å². The van der Waals surface area contributed by atoms with E-state index in [1.54, 1.807) is 12.1 Å². The van der Waals surface area contributed by atoms with E-state index in [9.17, 15) is 4.79 Å². The van der Waals surface area contributed by atoms with Crippen molar-refractivity contribution in [2.45, 2.75) is 0 Å². The molecule has 0 fully saturated rings. The van der Waals surface area contributed by atoms with Crippen LogP contribution in [0, 0.1) is 0 Å². The fourth-order valence-electron chi connectivity index (χ4n) is 2.82. The van der Waals surface area contributed by atoms with Crippen molar-refractivity contribution in [2.24, 2.45) is 0 Å². The van der Waals surface area contributed by atoms with E-state index < -0.39 is 0 Å². The van der Waals surface area contributed by atoms with Crippen LogP contribution in [0.3, 0.4) is 0 Å². The van der Waals surface area contributed by atoms with E-state index in [0.717, 1.165) is 11.3 Å². The molecule has 0 bridgehead atoms. The summed E-state index contributed by atoms with van der Waals surface area (Å²) in [6, 6.07) is 20.7. The summed E-state index contributed by atoms with van der Waals surface area (Å²) in [5, 5.41) is 17.7. The van der Waals surface area contributed by atoms with Crippen LogP contribution >= 0.6 is 35.4 Å². The molecule has 11 heteroatoms. The van der Waals surface area contributed by atoms with Gasteiger partial charge < -0.3 is 16.0 Å². The number of halogens is 2. The largest absolute Gasteiger partial charge is 0.331 e. The third-order valence-electron chi connectivity index (χ3n) is 4.37. The molecule has 2 aromatic heterocycles. The Morgan fingerprint density at radius 1 is 0.818 bits per heavy atom. The molecule has 0 spiro atoms. The first-order chi connectivity index (χ1) is 16.0. The zero-order valence-electron chi connectivity index (χ0n) is 16.8. The first kappa shape index (κ1) is 22.5. The summed E-state index contributed by atoms with van der Waals surface area (Å²) in [5.74, 6) is 0.620. The van der Waals surface area contributed by atoms with E-state index in [1.165, 1.54) is 0 Å². The van der Waals surface area contributed by atoms with Gasteiger partial charge in [0.15, 0.2) is 17.2 Å². The number of aromatic nitrogens is 4. The van der Waals surface area contributed by atoms with Crippen molar-refractivity contribution < 1.29 is 4.79 Å². The quantitative estimate of drug-likeness (QED) is 0.179. The summed E-state index contributed by atoms with van der Waals surface area (Å²) in [7, 11) is 0. The maximum Gasteiger partial charge on any atom is 0.230 e. The van der Waals surface area contributed by atoms with Gasteiger partial charge in [0.25, 0.3) is 0 Å². The molecule has 0 aliphatic heterocycles. The van der Waals surface area contributed by atoms with Gasteiger partial charge >= 0.3 is 0 Å². The number of rotatable bonds is 6. The number of hydrogen-bond acceptors (Lipinski definition) is 7. The minimum atomic E-state index is -0.0485. The van der Waals surface area contributed by atoms with Crippen LogP contribution in [0.2, 0.25) is 10.3 Å². The molecule has 8 nitrogen and oxygen atoms in total. The van der Waals surface area contributed by atoms with E-state index in [-0.39, 0.29) is 21.8 Å². The van der Waals surface area contributed by atoms with Gasteiger partial charge in [-0.15, -0.1) is 10.2 Å². The van der Waals surface area contributed by atoms with Crippen LogP contribution in [0.15, 0.2) is 66.7 Å². The molecular formula is C22H15Cl2N7OS. The molecule has 0 radical (unpaired) electrons. The molecule has 4 rings (SSSR count). The Balaban J connectivity index is 1.45. The minimum absolute atomic E-state index is 0.0278. The fraction of sp³-hybridized carbons (Fsp3) is 0. The molecule has 164 valence electrons. The number of carbonyl (C=O) groups excluding carboxylic acids is 1. The van der Waals surface area contributed by atoms with Crippen molar-refractivity contribution in [1.82, 2.24) is 20.2 Å². The van der Waals surface area contributed by atoms with Crippen molar-refractivity contribution in [2.75, 3.05) is 16.0 Å². The molecule has 0 atom stereocenters. The molecule has 0 amide bonds. The van der Waals surface area contributed by atoms with E-state index in [2.05, 4.69) is 36.1 Å². The Kier molecular flexibility index (Phi) is 7.04. The van der Waals surface area contributed by atoms with Gasteiger partial charge in [-0.25, -0.2) is 0 Å². The minimum Gasteiger partial charge on any atom is -0.331 e. The molecule has 2 heterocycles. The lowest BCUT2D eigenvalue weighted by Crippen LogP contribution is -2.20. The molecule has 3 N–H and O–H groups in total. The van der Waals surface area contributed by atoms with Crippen LogP contribution in [0.4, 0.5) is 23.1 Å². The average molecular weight is 496 g/mol. The average Bonchev–Trinajstić information content (AvgIpc) is 2.81. The molecule has 2 aromatic carbocycles. The topological polar surface area (TPSA) is 105 Å². The molecule has 4 aromatic rings. The molecule has 0 saturated heterocycles. The second-order valence-corrected chi connectivity index (χ2v) is 7.70. The second-order valence-electron chi connectivity index (χ2n) is 6.58. The van der Waals surface area contributed by atoms with Crippen molar-refractivity contribution in [3.63, 3.8) is 0 Å². The highest BCUT2D eigenvalue weighted by atomic mass is 35.5. The predicted molar refractivity (Wildman–Crippen MR) is 134 cm³/mol. The first-order valence-corrected chi connectivity index (χ1v) is 10.7. The van der Waals surface area contributed by atoms with E-state index in [1.807, 2.05) is 54.6 Å². The summed E-state index contributed by atoms with van der Waals surface area (Å²) in [5.41, 5.74) is 3.01. The molecule has 33 heavy (non-hydrogen) atoms. The lowest BCUT2D eigenvalue weighted by atomic mass is 10.1. The monoisotopic (exact) mass is 495 g/mol. The SMILES string of the molecule is O=Cc1c(Cl)nc(Nc2ccccc2NC(=S)Nc2ccc(-c3ccccc3)nn2)nc1Cl. The van der Waals surface area contributed by atoms with E-state index in [0.29, 0.717) is 28.6 Å². The second kappa shape index (κ2) is 10.3. The number of nitrogens with zero attached hydrogens (tertiary/aromatic N) is 4. The summed E-state index contributed by atoms with van der Waals surface area (Å²) in [6.45, 7) is 0. The zero-order valence-corrected chi connectivity index (χ0v) is 19.1. The maximum absolute atomic E-state index is 11.0. The highest BCUT2D eigenvalue weighted by Gasteiger charge is 2.13. The highest BCUT2D eigenvalue weighted by Crippen LogP contribution is 2.27. The predicted octanol–water partition coefficient (Wildman–Crippen LogP) is 5.61. The molecule has 0 aliphatic carbocycles. The summed E-state index contributed by atoms with van der Waals surface area (Å²) in [6.07, 6.45) is 0.503. The molecular weight excluding hydrogens is 481 g/mol. The van der Waals surface area contributed by atoms with Crippen molar-refractivity contribution in [3.8, 4) is 11.3 Å². The molecule has 0 unspecified atom stereocenters. The van der Waals surface area contributed by atoms with Crippen molar-refractivity contribution in [1.29, 1.82) is 0 Å². The number of benzene rings is 2. The number of carbonyl (C=O) groups is 1. The Morgan fingerprint density at radius 3 is 2.12 bits per heavy atom. The Bertz CT molecular complexity index is 1280. The smallest absolute Gasteiger partial charge is 0.230 e. The van der Waals surface area contributed by atoms with Crippen LogP contribution in [-0.4, -0.2) is 31.6 Å². The van der Waals surface area contributed by atoms with Gasteiger partial charge in [-0.05, 0) is 36.5 Å². The third kappa shape index (κ3) is 5.58. The Morgan fingerprint density at radius 2 is 1.48 bits per heavy atom. The lowest BCUT2D eigenvalue weighted by Gasteiger charge is -2.14. The van der Waals surface area contributed by atoms with Gasteiger partial charge in [0, 0.05) is 5.56 Å². The number of anilines is 4. The Hall–Kier alpha value is -3.66. The Labute approximate surface area is 204 Å². The number of aldehydes is 1.